The first kappa shape index (κ1) is 18.9. The lowest BCUT2D eigenvalue weighted by atomic mass is 10.2. The van der Waals surface area contributed by atoms with E-state index in [1.165, 1.54) is 11.3 Å². The molecule has 1 atom stereocenters. The van der Waals surface area contributed by atoms with Gasteiger partial charge < -0.3 is 10.1 Å². The van der Waals surface area contributed by atoms with Gasteiger partial charge in [-0.25, -0.2) is 4.98 Å². The Kier molecular flexibility index (Phi) is 5.96. The van der Waals surface area contributed by atoms with Crippen LogP contribution >= 0.6 is 34.3 Å². The van der Waals surface area contributed by atoms with Gasteiger partial charge in [0.15, 0.2) is 0 Å². The SMILES string of the molecule is Cc1cc(OCc2nc(C)c(C(=O)N[C@@H](C)c3cccs3)s2)ccc1Cl. The highest BCUT2D eigenvalue weighted by molar-refractivity contribution is 7.13. The minimum absolute atomic E-state index is 0.0271. The van der Waals surface area contributed by atoms with Crippen LogP contribution in [0.2, 0.25) is 5.02 Å². The van der Waals surface area contributed by atoms with Crippen molar-refractivity contribution in [3.8, 4) is 5.75 Å². The number of halogens is 1. The number of carbonyl (C=O) groups excluding carboxylic acids is 1. The largest absolute Gasteiger partial charge is 0.486 e. The summed E-state index contributed by atoms with van der Waals surface area (Å²) in [6.45, 7) is 6.07. The van der Waals surface area contributed by atoms with Crippen LogP contribution in [0.1, 0.15) is 43.8 Å². The van der Waals surface area contributed by atoms with Gasteiger partial charge in [-0.1, -0.05) is 17.7 Å². The monoisotopic (exact) mass is 406 g/mol. The molecule has 136 valence electrons. The molecule has 0 aliphatic carbocycles. The van der Waals surface area contributed by atoms with E-state index in [-0.39, 0.29) is 11.9 Å². The smallest absolute Gasteiger partial charge is 0.263 e. The zero-order chi connectivity index (χ0) is 18.7. The summed E-state index contributed by atoms with van der Waals surface area (Å²) in [5.41, 5.74) is 1.68. The number of thiophene rings is 1. The number of benzene rings is 1. The molecule has 7 heteroatoms. The van der Waals surface area contributed by atoms with Crippen molar-refractivity contribution in [2.45, 2.75) is 33.4 Å². The predicted molar refractivity (Wildman–Crippen MR) is 108 cm³/mol. The molecule has 0 radical (unpaired) electrons. The van der Waals surface area contributed by atoms with Gasteiger partial charge in [0.25, 0.3) is 5.91 Å². The third-order valence-corrected chi connectivity index (χ3v) is 6.47. The van der Waals surface area contributed by atoms with E-state index in [2.05, 4.69) is 10.3 Å². The number of amides is 1. The van der Waals surface area contributed by atoms with Crippen LogP contribution in [-0.4, -0.2) is 10.9 Å². The van der Waals surface area contributed by atoms with Crippen molar-refractivity contribution in [3.05, 3.63) is 66.8 Å². The highest BCUT2D eigenvalue weighted by Gasteiger charge is 2.18. The molecule has 0 saturated heterocycles. The van der Waals surface area contributed by atoms with Gasteiger partial charge >= 0.3 is 0 Å². The van der Waals surface area contributed by atoms with E-state index in [0.717, 1.165) is 26.9 Å². The number of hydrogen-bond donors (Lipinski definition) is 1. The molecule has 0 spiro atoms. The summed E-state index contributed by atoms with van der Waals surface area (Å²) in [5, 5.41) is 6.51. The van der Waals surface area contributed by atoms with Gasteiger partial charge in [-0.3, -0.25) is 4.79 Å². The summed E-state index contributed by atoms with van der Waals surface area (Å²) in [6.07, 6.45) is 0. The maximum Gasteiger partial charge on any atom is 0.263 e. The number of carbonyl (C=O) groups is 1. The third-order valence-electron chi connectivity index (χ3n) is 3.86. The molecule has 2 heterocycles. The minimum atomic E-state index is -0.102. The number of hydrogen-bond acceptors (Lipinski definition) is 5. The maximum absolute atomic E-state index is 12.5. The number of nitrogens with zero attached hydrogens (tertiary/aromatic N) is 1. The highest BCUT2D eigenvalue weighted by atomic mass is 35.5. The van der Waals surface area contributed by atoms with Crippen molar-refractivity contribution in [3.63, 3.8) is 0 Å². The van der Waals surface area contributed by atoms with Gasteiger partial charge in [-0.05, 0) is 56.0 Å². The summed E-state index contributed by atoms with van der Waals surface area (Å²) in [7, 11) is 0. The van der Waals surface area contributed by atoms with Crippen LogP contribution in [0, 0.1) is 13.8 Å². The van der Waals surface area contributed by atoms with Gasteiger partial charge in [-0.15, -0.1) is 22.7 Å². The second-order valence-corrected chi connectivity index (χ2v) is 8.40. The molecule has 0 unspecified atom stereocenters. The normalized spacial score (nSPS) is 12.0. The number of aromatic nitrogens is 1. The standard InChI is InChI=1S/C19H19ClN2O2S2/c1-11-9-14(6-7-15(11)20)24-10-17-21-13(3)18(26-17)19(23)22-12(2)16-5-4-8-25-16/h4-9,12H,10H2,1-3H3,(H,22,23)/t12-/m0/s1. The molecule has 3 aromatic rings. The van der Waals surface area contributed by atoms with Crippen molar-refractivity contribution in [1.29, 1.82) is 0 Å². The Morgan fingerprint density at radius 1 is 1.35 bits per heavy atom. The Morgan fingerprint density at radius 3 is 2.85 bits per heavy atom. The Balaban J connectivity index is 1.64. The van der Waals surface area contributed by atoms with Crippen molar-refractivity contribution in [1.82, 2.24) is 10.3 Å². The lowest BCUT2D eigenvalue weighted by molar-refractivity contribution is 0.0944. The first-order valence-corrected chi connectivity index (χ1v) is 10.2. The third kappa shape index (κ3) is 4.44. The zero-order valence-electron chi connectivity index (χ0n) is 14.7. The molecule has 1 amide bonds. The van der Waals surface area contributed by atoms with Crippen molar-refractivity contribution in [2.75, 3.05) is 0 Å². The molecule has 0 bridgehead atoms. The van der Waals surface area contributed by atoms with Crippen molar-refractivity contribution < 1.29 is 9.53 Å². The van der Waals surface area contributed by atoms with Crippen LogP contribution < -0.4 is 10.1 Å². The zero-order valence-corrected chi connectivity index (χ0v) is 17.1. The lowest BCUT2D eigenvalue weighted by Gasteiger charge is -2.11. The van der Waals surface area contributed by atoms with Crippen LogP contribution in [0.5, 0.6) is 5.75 Å². The molecule has 3 rings (SSSR count). The van der Waals surface area contributed by atoms with E-state index in [4.69, 9.17) is 16.3 Å². The Labute approximate surface area is 165 Å². The second-order valence-electron chi connectivity index (χ2n) is 5.93. The quantitative estimate of drug-likeness (QED) is 0.584. The van der Waals surface area contributed by atoms with E-state index >= 15 is 0 Å². The van der Waals surface area contributed by atoms with E-state index in [0.29, 0.717) is 16.5 Å². The Bertz CT molecular complexity index is 906. The molecule has 1 aromatic carbocycles. The number of thiazole rings is 1. The number of ether oxygens (including phenoxy) is 1. The molecule has 2 aromatic heterocycles. The van der Waals surface area contributed by atoms with Gasteiger partial charge in [0.2, 0.25) is 0 Å². The summed E-state index contributed by atoms with van der Waals surface area (Å²) in [4.78, 5) is 18.8. The van der Waals surface area contributed by atoms with Crippen LogP contribution in [0.4, 0.5) is 0 Å². The van der Waals surface area contributed by atoms with E-state index < -0.39 is 0 Å². The van der Waals surface area contributed by atoms with E-state index in [1.807, 2.05) is 56.5 Å². The van der Waals surface area contributed by atoms with E-state index in [1.54, 1.807) is 11.3 Å². The topological polar surface area (TPSA) is 51.2 Å². The predicted octanol–water partition coefficient (Wildman–Crippen LogP) is 5.54. The number of rotatable bonds is 6. The fraction of sp³-hybridized carbons (Fsp3) is 0.263. The summed E-state index contributed by atoms with van der Waals surface area (Å²) < 4.78 is 5.78. The molecule has 0 aliphatic heterocycles. The molecule has 0 aliphatic rings. The Hall–Kier alpha value is -1.89. The van der Waals surface area contributed by atoms with E-state index in [9.17, 15) is 4.79 Å². The Morgan fingerprint density at radius 2 is 2.15 bits per heavy atom. The van der Waals surface area contributed by atoms with Gasteiger partial charge in [0.1, 0.15) is 22.2 Å². The first-order chi connectivity index (χ1) is 12.4. The number of nitrogens with one attached hydrogen (secondary N) is 1. The maximum atomic E-state index is 12.5. The minimum Gasteiger partial charge on any atom is -0.486 e. The van der Waals surface area contributed by atoms with Gasteiger partial charge in [0, 0.05) is 9.90 Å². The summed E-state index contributed by atoms with van der Waals surface area (Å²) in [6, 6.07) is 9.49. The second kappa shape index (κ2) is 8.20. The fourth-order valence-electron chi connectivity index (χ4n) is 2.45. The molecular weight excluding hydrogens is 388 g/mol. The fourth-order valence-corrected chi connectivity index (χ4v) is 4.18. The number of aryl methyl sites for hydroxylation is 2. The van der Waals surface area contributed by atoms with Crippen LogP contribution in [0.3, 0.4) is 0 Å². The molecular formula is C19H19ClN2O2S2. The highest BCUT2D eigenvalue weighted by Crippen LogP contribution is 2.25. The van der Waals surface area contributed by atoms with Crippen LogP contribution in [0.15, 0.2) is 35.7 Å². The molecule has 26 heavy (non-hydrogen) atoms. The molecule has 1 N–H and O–H groups in total. The molecule has 0 fully saturated rings. The van der Waals surface area contributed by atoms with Crippen molar-refractivity contribution >= 4 is 40.2 Å². The van der Waals surface area contributed by atoms with Gasteiger partial charge in [-0.2, -0.15) is 0 Å². The van der Waals surface area contributed by atoms with Crippen LogP contribution in [0.25, 0.3) is 0 Å². The average Bonchev–Trinajstić information content (AvgIpc) is 3.25. The first-order valence-electron chi connectivity index (χ1n) is 8.13. The summed E-state index contributed by atoms with van der Waals surface area (Å²) in [5.74, 6) is 0.631. The molecule has 4 nitrogen and oxygen atoms in total. The average molecular weight is 407 g/mol. The lowest BCUT2D eigenvalue weighted by Crippen LogP contribution is -2.25. The summed E-state index contributed by atoms with van der Waals surface area (Å²) >= 11 is 9.02. The molecule has 0 saturated carbocycles. The van der Waals surface area contributed by atoms with Crippen molar-refractivity contribution in [2.24, 2.45) is 0 Å². The van der Waals surface area contributed by atoms with Gasteiger partial charge in [0.05, 0.1) is 11.7 Å². The van der Waals surface area contributed by atoms with Crippen LogP contribution in [-0.2, 0) is 6.61 Å².